The number of carbonyl (C=O) groups is 7. The Morgan fingerprint density at radius 3 is 1.99 bits per heavy atom. The minimum atomic E-state index is -0.739. The van der Waals surface area contributed by atoms with E-state index >= 15 is 0 Å². The number of nitrogens with zero attached hydrogens (tertiary/aromatic N) is 9. The molecule has 1 saturated heterocycles. The van der Waals surface area contributed by atoms with Crippen molar-refractivity contribution in [1.82, 2.24) is 43.7 Å². The largest absolute Gasteiger partial charge is 0.494 e. The molecule has 6 N–H and O–H groups in total. The fraction of sp³-hybridized carbons (Fsp3) is 0.354. The van der Waals surface area contributed by atoms with Gasteiger partial charge in [-0.3, -0.25) is 53.8 Å². The summed E-state index contributed by atoms with van der Waals surface area (Å²) >= 11 is 0. The van der Waals surface area contributed by atoms with E-state index in [4.69, 9.17) is 35.1 Å². The van der Waals surface area contributed by atoms with Crippen LogP contribution in [0.1, 0.15) is 85.7 Å². The highest BCUT2D eigenvalue weighted by atomic mass is 16.5. The zero-order valence-electron chi connectivity index (χ0n) is 40.2. The van der Waals surface area contributed by atoms with E-state index in [0.717, 1.165) is 4.90 Å². The van der Waals surface area contributed by atoms with Gasteiger partial charge < -0.3 is 44.1 Å². The van der Waals surface area contributed by atoms with E-state index in [1.54, 1.807) is 50.8 Å². The number of oxazole rings is 1. The molecule has 2 aliphatic heterocycles. The Morgan fingerprint density at radius 2 is 1.40 bits per heavy atom. The summed E-state index contributed by atoms with van der Waals surface area (Å²) in [6.07, 6.45) is 6.57. The topological polar surface area (TPSA) is 309 Å². The van der Waals surface area contributed by atoms with Crippen LogP contribution in [0.25, 0.3) is 22.1 Å². The summed E-state index contributed by atoms with van der Waals surface area (Å²) in [5, 5.41) is 10.1. The molecule has 0 unspecified atom stereocenters. The van der Waals surface area contributed by atoms with Crippen LogP contribution in [0.3, 0.4) is 0 Å². The standard InChI is InChI=1S/C48H53N13O11/c1-6-31-42(72-27(4)51-31)46(68)55-48-53-33-21-29(44(50)66)23-36(71-18-10-17-70-30-24-57(25-30)37(62)13-16-58-38(63)11-12-39(58)64)41(33)60(48)15-9-8-14-59-40-32(20-28(43(49)65)22-35(40)69-5)52-47(59)54-45(67)34-19-26(3)56-61(34)7-2/h8-9,11-12,19-23,30H,6-7,10,13-18,24-25H2,1-5H3,(H2,49,65)(H2,50,66)(H,52,54,67)(H,53,55,68)/b9-8+. The van der Waals surface area contributed by atoms with Gasteiger partial charge in [0.25, 0.3) is 23.6 Å². The normalized spacial score (nSPS) is 13.7. The quantitative estimate of drug-likeness (QED) is 0.0432. The number of ether oxygens (including phenoxy) is 3. The van der Waals surface area contributed by atoms with Crippen molar-refractivity contribution in [2.75, 3.05) is 50.6 Å². The third-order valence-electron chi connectivity index (χ3n) is 11.9. The number of amides is 7. The average Bonchev–Trinajstić information content (AvgIpc) is 4.16. The van der Waals surface area contributed by atoms with E-state index in [1.807, 2.05) is 13.8 Å². The fourth-order valence-electron chi connectivity index (χ4n) is 8.35. The van der Waals surface area contributed by atoms with Crippen LogP contribution in [0.2, 0.25) is 0 Å². The van der Waals surface area contributed by atoms with Gasteiger partial charge in [0, 0.05) is 82.3 Å². The molecule has 7 amide bonds. The lowest BCUT2D eigenvalue weighted by molar-refractivity contribution is -0.146. The van der Waals surface area contributed by atoms with E-state index in [-0.39, 0.29) is 97.1 Å². The van der Waals surface area contributed by atoms with Crippen LogP contribution in [-0.2, 0) is 45.2 Å². The molecule has 0 saturated carbocycles. The van der Waals surface area contributed by atoms with Crippen LogP contribution in [0.5, 0.6) is 11.5 Å². The number of imide groups is 1. The Hall–Kier alpha value is -8.67. The maximum absolute atomic E-state index is 13.8. The Morgan fingerprint density at radius 1 is 0.806 bits per heavy atom. The summed E-state index contributed by atoms with van der Waals surface area (Å²) in [4.78, 5) is 105. The van der Waals surface area contributed by atoms with Gasteiger partial charge in [0.15, 0.2) is 5.89 Å². The second-order valence-corrected chi connectivity index (χ2v) is 16.8. The molecule has 6 heterocycles. The van der Waals surface area contributed by atoms with Crippen LogP contribution in [0.15, 0.2) is 59.1 Å². The highest BCUT2D eigenvalue weighted by Gasteiger charge is 2.33. The first-order valence-corrected chi connectivity index (χ1v) is 23.1. The van der Waals surface area contributed by atoms with E-state index in [1.165, 1.54) is 43.5 Å². The number of aryl methyl sites for hydroxylation is 4. The first-order valence-electron chi connectivity index (χ1n) is 23.1. The van der Waals surface area contributed by atoms with Crippen molar-refractivity contribution in [3.05, 3.63) is 94.5 Å². The lowest BCUT2D eigenvalue weighted by Crippen LogP contribution is -2.55. The number of hydrogen-bond acceptors (Lipinski definition) is 15. The number of imidazole rings is 2. The van der Waals surface area contributed by atoms with Crippen molar-refractivity contribution in [3.63, 3.8) is 0 Å². The molecule has 24 heteroatoms. The van der Waals surface area contributed by atoms with Crippen molar-refractivity contribution in [2.45, 2.75) is 72.7 Å². The van der Waals surface area contributed by atoms with Gasteiger partial charge in [-0.15, -0.1) is 0 Å². The maximum atomic E-state index is 13.8. The van der Waals surface area contributed by atoms with E-state index < -0.39 is 35.4 Å². The highest BCUT2D eigenvalue weighted by molar-refractivity contribution is 6.13. The molecule has 4 aromatic heterocycles. The van der Waals surface area contributed by atoms with Crippen LogP contribution < -0.4 is 31.6 Å². The molecule has 8 rings (SSSR count). The first kappa shape index (κ1) is 49.7. The summed E-state index contributed by atoms with van der Waals surface area (Å²) in [6, 6.07) is 7.65. The monoisotopic (exact) mass is 987 g/mol. The molecule has 0 radical (unpaired) electrons. The van der Waals surface area contributed by atoms with Crippen molar-refractivity contribution in [3.8, 4) is 11.5 Å². The zero-order chi connectivity index (χ0) is 51.4. The molecule has 6 aromatic rings. The van der Waals surface area contributed by atoms with E-state index in [9.17, 15) is 33.6 Å². The van der Waals surface area contributed by atoms with Crippen LogP contribution >= 0.6 is 0 Å². The number of hydrogen-bond donors (Lipinski definition) is 4. The summed E-state index contributed by atoms with van der Waals surface area (Å²) in [7, 11) is 1.44. The molecular formula is C48H53N13O11. The first-order chi connectivity index (χ1) is 34.6. The third kappa shape index (κ3) is 10.4. The molecular weight excluding hydrogens is 935 g/mol. The molecule has 1 fully saturated rings. The molecule has 72 heavy (non-hydrogen) atoms. The highest BCUT2D eigenvalue weighted by Crippen LogP contribution is 2.33. The number of likely N-dealkylation sites (tertiary alicyclic amines) is 1. The number of fused-ring (bicyclic) bond motifs is 2. The minimum Gasteiger partial charge on any atom is -0.494 e. The van der Waals surface area contributed by atoms with Crippen LogP contribution in [0.4, 0.5) is 11.9 Å². The van der Waals surface area contributed by atoms with Crippen LogP contribution in [-0.4, -0.2) is 131 Å². The predicted octanol–water partition coefficient (Wildman–Crippen LogP) is 3.05. The number of nitrogens with two attached hydrogens (primary N) is 2. The minimum absolute atomic E-state index is 0.00653. The number of aromatic nitrogens is 7. The Kier molecular flexibility index (Phi) is 14.6. The molecule has 0 atom stereocenters. The van der Waals surface area contributed by atoms with Gasteiger partial charge in [-0.1, -0.05) is 19.1 Å². The summed E-state index contributed by atoms with van der Waals surface area (Å²) in [5.74, 6) is -2.53. The van der Waals surface area contributed by atoms with Gasteiger partial charge in [-0.25, -0.2) is 15.0 Å². The lowest BCUT2D eigenvalue weighted by Gasteiger charge is -2.39. The zero-order valence-corrected chi connectivity index (χ0v) is 40.2. The van der Waals surface area contributed by atoms with Crippen LogP contribution in [0, 0.1) is 13.8 Å². The van der Waals surface area contributed by atoms with Gasteiger partial charge in [0.2, 0.25) is 35.4 Å². The van der Waals surface area contributed by atoms with Gasteiger partial charge in [-0.05, 0) is 50.6 Å². The number of methoxy groups -OCH3 is 1. The number of anilines is 2. The summed E-state index contributed by atoms with van der Waals surface area (Å²) in [5.41, 5.74) is 14.6. The van der Waals surface area contributed by atoms with Gasteiger partial charge in [0.1, 0.15) is 28.2 Å². The second kappa shape index (κ2) is 21.1. The number of carbonyl (C=O) groups excluding carboxylic acids is 7. The van der Waals surface area contributed by atoms with Crippen molar-refractivity contribution < 1.29 is 52.2 Å². The number of benzene rings is 2. The second-order valence-electron chi connectivity index (χ2n) is 16.8. The van der Waals surface area contributed by atoms with Gasteiger partial charge >= 0.3 is 0 Å². The maximum Gasteiger partial charge on any atom is 0.295 e. The van der Waals surface area contributed by atoms with Gasteiger partial charge in [0.05, 0.1) is 48.8 Å². The number of rotatable bonds is 22. The third-order valence-corrected chi connectivity index (χ3v) is 11.9. The van der Waals surface area contributed by atoms with Crippen molar-refractivity contribution in [1.29, 1.82) is 0 Å². The molecule has 376 valence electrons. The molecule has 0 aliphatic carbocycles. The molecule has 2 aliphatic rings. The Labute approximate surface area is 410 Å². The molecule has 24 nitrogen and oxygen atoms in total. The molecule has 0 spiro atoms. The average molecular weight is 988 g/mol. The Balaban J connectivity index is 1.04. The molecule has 2 aromatic carbocycles. The Bertz CT molecular complexity index is 3190. The molecule has 0 bridgehead atoms. The summed E-state index contributed by atoms with van der Waals surface area (Å²) < 4.78 is 28.6. The van der Waals surface area contributed by atoms with Gasteiger partial charge in [-0.2, -0.15) is 5.10 Å². The number of primary amides is 2. The number of allylic oxidation sites excluding steroid dienone is 2. The smallest absolute Gasteiger partial charge is 0.295 e. The van der Waals surface area contributed by atoms with E-state index in [2.05, 4.69) is 25.7 Å². The fourth-order valence-corrected chi connectivity index (χ4v) is 8.35. The van der Waals surface area contributed by atoms with E-state index in [0.29, 0.717) is 72.0 Å². The lowest BCUT2D eigenvalue weighted by atomic mass is 10.1. The predicted molar refractivity (Wildman–Crippen MR) is 258 cm³/mol. The van der Waals surface area contributed by atoms with Crippen molar-refractivity contribution in [2.24, 2.45) is 11.5 Å². The van der Waals surface area contributed by atoms with Crippen molar-refractivity contribution >= 4 is 75.3 Å². The SMILES string of the molecule is CCc1nc(C)oc1C(=O)Nc1nc2cc(C(N)=O)cc(OCCCOC3CN(C(=O)CCN4C(=O)C=CC4=O)C3)c2n1C/C=C/Cn1c(NC(=O)c2cc(C)nn2CC)nc2cc(C(N)=O)cc(OC)c21. The number of nitrogens with one attached hydrogen (secondary N) is 2. The summed E-state index contributed by atoms with van der Waals surface area (Å²) in [6.45, 7) is 8.87.